The van der Waals surface area contributed by atoms with Gasteiger partial charge in [-0.25, -0.2) is 4.98 Å². The van der Waals surface area contributed by atoms with Crippen LogP contribution in [0.2, 0.25) is 0 Å². The van der Waals surface area contributed by atoms with Gasteiger partial charge in [-0.3, -0.25) is 0 Å². The third-order valence-corrected chi connectivity index (χ3v) is 3.59. The molecule has 1 aliphatic rings. The number of benzene rings is 1. The minimum atomic E-state index is 0.626. The first-order valence-corrected chi connectivity index (χ1v) is 6.66. The molecule has 0 unspecified atom stereocenters. The minimum absolute atomic E-state index is 0.626. The van der Waals surface area contributed by atoms with Crippen molar-refractivity contribution in [3.63, 3.8) is 0 Å². The first-order valence-electron chi connectivity index (χ1n) is 6.66. The Morgan fingerprint density at radius 3 is 3.05 bits per heavy atom. The molecule has 100 valence electrons. The van der Waals surface area contributed by atoms with Gasteiger partial charge in [-0.1, -0.05) is 18.2 Å². The van der Waals surface area contributed by atoms with Crippen LogP contribution >= 0.6 is 0 Å². The molecule has 4 nitrogen and oxygen atoms in total. The summed E-state index contributed by atoms with van der Waals surface area (Å²) in [6.45, 7) is 4.59. The summed E-state index contributed by atoms with van der Waals surface area (Å²) in [6, 6.07) is 8.39. The molecule has 1 aliphatic heterocycles. The van der Waals surface area contributed by atoms with E-state index in [1.165, 1.54) is 22.6 Å². The molecule has 0 radical (unpaired) electrons. The number of hydrogen-bond acceptors (Lipinski definition) is 3. The van der Waals surface area contributed by atoms with Crippen molar-refractivity contribution < 1.29 is 4.74 Å². The number of rotatable bonds is 3. The maximum Gasteiger partial charge on any atom is 0.110 e. The van der Waals surface area contributed by atoms with Gasteiger partial charge < -0.3 is 14.6 Å². The van der Waals surface area contributed by atoms with Gasteiger partial charge in [0.05, 0.1) is 18.0 Å². The zero-order valence-electron chi connectivity index (χ0n) is 11.4. The molecule has 0 spiro atoms. The first kappa shape index (κ1) is 12.4. The van der Waals surface area contributed by atoms with Crippen LogP contribution in [0.1, 0.15) is 22.8 Å². The molecule has 19 heavy (non-hydrogen) atoms. The quantitative estimate of drug-likeness (QED) is 0.913. The van der Waals surface area contributed by atoms with Gasteiger partial charge >= 0.3 is 0 Å². The maximum absolute atomic E-state index is 5.30. The topological polar surface area (TPSA) is 39.1 Å². The third-order valence-electron chi connectivity index (χ3n) is 3.59. The number of methoxy groups -OCH3 is 1. The number of nitrogens with one attached hydrogen (secondary N) is 1. The van der Waals surface area contributed by atoms with Crippen LogP contribution in [-0.4, -0.2) is 23.2 Å². The van der Waals surface area contributed by atoms with E-state index in [0.717, 1.165) is 25.3 Å². The van der Waals surface area contributed by atoms with Crippen LogP contribution < -0.4 is 5.32 Å². The molecule has 0 atom stereocenters. The van der Waals surface area contributed by atoms with E-state index in [-0.39, 0.29) is 0 Å². The second-order valence-corrected chi connectivity index (χ2v) is 4.88. The van der Waals surface area contributed by atoms with Crippen molar-refractivity contribution in [3.05, 3.63) is 47.0 Å². The van der Waals surface area contributed by atoms with Crippen LogP contribution in [-0.2, 0) is 24.3 Å². The molecule has 0 saturated carbocycles. The summed E-state index contributed by atoms with van der Waals surface area (Å²) in [5.41, 5.74) is 4.90. The highest BCUT2D eigenvalue weighted by atomic mass is 16.5. The van der Waals surface area contributed by atoms with Gasteiger partial charge in [0.2, 0.25) is 0 Å². The monoisotopic (exact) mass is 257 g/mol. The predicted octanol–water partition coefficient (Wildman–Crippen LogP) is 1.97. The first-order chi connectivity index (χ1) is 9.31. The highest BCUT2D eigenvalue weighted by Gasteiger charge is 2.19. The molecular weight excluding hydrogens is 238 g/mol. The normalized spacial score (nSPS) is 14.4. The lowest BCUT2D eigenvalue weighted by molar-refractivity contribution is 0.184. The second-order valence-electron chi connectivity index (χ2n) is 4.88. The van der Waals surface area contributed by atoms with Crippen molar-refractivity contribution in [2.24, 2.45) is 0 Å². The summed E-state index contributed by atoms with van der Waals surface area (Å²) in [5.74, 6) is 1.05. The Morgan fingerprint density at radius 2 is 2.21 bits per heavy atom. The standard InChI is InChI=1S/C15H19N3O/c1-11-17-13-9-16-8-7-15(13)18(11)14-6-4-3-5-12(14)10-19-2/h3-6,16H,7-10H2,1-2H3. The number of imidazole rings is 1. The number of hydrogen-bond donors (Lipinski definition) is 1. The number of ether oxygens (including phenoxy) is 1. The molecule has 4 heteroatoms. The Morgan fingerprint density at radius 1 is 1.37 bits per heavy atom. The fourth-order valence-corrected chi connectivity index (χ4v) is 2.77. The lowest BCUT2D eigenvalue weighted by Crippen LogP contribution is -2.25. The number of nitrogens with zero attached hydrogens (tertiary/aromatic N) is 2. The largest absolute Gasteiger partial charge is 0.380 e. The number of aromatic nitrogens is 2. The molecule has 2 aromatic rings. The fraction of sp³-hybridized carbons (Fsp3) is 0.400. The second kappa shape index (κ2) is 5.15. The highest BCUT2D eigenvalue weighted by Crippen LogP contribution is 2.24. The van der Waals surface area contributed by atoms with Gasteiger partial charge in [-0.2, -0.15) is 0 Å². The summed E-state index contributed by atoms with van der Waals surface area (Å²) >= 11 is 0. The Bertz CT molecular complexity index is 589. The number of fused-ring (bicyclic) bond motifs is 1. The van der Waals surface area contributed by atoms with Crippen LogP contribution in [0.4, 0.5) is 0 Å². The van der Waals surface area contributed by atoms with E-state index in [2.05, 4.69) is 46.1 Å². The Kier molecular flexibility index (Phi) is 3.36. The average Bonchev–Trinajstić information content (AvgIpc) is 2.76. The van der Waals surface area contributed by atoms with Gasteiger partial charge in [-0.15, -0.1) is 0 Å². The van der Waals surface area contributed by atoms with E-state index in [1.807, 2.05) is 0 Å². The Labute approximate surface area is 113 Å². The van der Waals surface area contributed by atoms with Crippen molar-refractivity contribution in [2.45, 2.75) is 26.5 Å². The Balaban J connectivity index is 2.14. The fourth-order valence-electron chi connectivity index (χ4n) is 2.77. The number of para-hydroxylation sites is 1. The summed E-state index contributed by atoms with van der Waals surface area (Å²) in [4.78, 5) is 4.69. The van der Waals surface area contributed by atoms with E-state index < -0.39 is 0 Å². The smallest absolute Gasteiger partial charge is 0.110 e. The molecule has 0 amide bonds. The van der Waals surface area contributed by atoms with Crippen molar-refractivity contribution in [3.8, 4) is 5.69 Å². The zero-order chi connectivity index (χ0) is 13.2. The van der Waals surface area contributed by atoms with Crippen LogP contribution in [0.3, 0.4) is 0 Å². The van der Waals surface area contributed by atoms with Crippen LogP contribution in [0.15, 0.2) is 24.3 Å². The van der Waals surface area contributed by atoms with E-state index in [0.29, 0.717) is 6.61 Å². The van der Waals surface area contributed by atoms with Gasteiger partial charge in [0.15, 0.2) is 0 Å². The van der Waals surface area contributed by atoms with Crippen molar-refractivity contribution >= 4 is 0 Å². The summed E-state index contributed by atoms with van der Waals surface area (Å²) < 4.78 is 7.59. The van der Waals surface area contributed by atoms with E-state index in [4.69, 9.17) is 4.74 Å². The van der Waals surface area contributed by atoms with Crippen molar-refractivity contribution in [2.75, 3.05) is 13.7 Å². The van der Waals surface area contributed by atoms with E-state index in [9.17, 15) is 0 Å². The molecule has 0 fully saturated rings. The van der Waals surface area contributed by atoms with Gasteiger partial charge in [0.1, 0.15) is 5.82 Å². The summed E-state index contributed by atoms with van der Waals surface area (Å²) in [5, 5.41) is 3.37. The molecule has 0 aliphatic carbocycles. The average molecular weight is 257 g/mol. The van der Waals surface area contributed by atoms with Crippen LogP contribution in [0.5, 0.6) is 0 Å². The van der Waals surface area contributed by atoms with Crippen molar-refractivity contribution in [1.29, 1.82) is 0 Å². The zero-order valence-corrected chi connectivity index (χ0v) is 11.4. The lowest BCUT2D eigenvalue weighted by Gasteiger charge is -2.18. The molecular formula is C15H19N3O. The minimum Gasteiger partial charge on any atom is -0.380 e. The molecule has 0 bridgehead atoms. The lowest BCUT2D eigenvalue weighted by atomic mass is 10.1. The number of aryl methyl sites for hydroxylation is 1. The third kappa shape index (κ3) is 2.17. The van der Waals surface area contributed by atoms with Crippen LogP contribution in [0.25, 0.3) is 5.69 Å². The molecule has 1 N–H and O–H groups in total. The highest BCUT2D eigenvalue weighted by molar-refractivity contribution is 5.44. The Hall–Kier alpha value is -1.65. The summed E-state index contributed by atoms with van der Waals surface area (Å²) in [6.07, 6.45) is 1.03. The maximum atomic E-state index is 5.30. The van der Waals surface area contributed by atoms with Crippen LogP contribution in [0, 0.1) is 6.92 Å². The molecule has 0 saturated heterocycles. The SMILES string of the molecule is COCc1ccccc1-n1c(C)nc2c1CCNC2. The van der Waals surface area contributed by atoms with E-state index >= 15 is 0 Å². The molecule has 2 heterocycles. The van der Waals surface area contributed by atoms with Crippen molar-refractivity contribution in [1.82, 2.24) is 14.9 Å². The van der Waals surface area contributed by atoms with Gasteiger partial charge in [0, 0.05) is 37.9 Å². The summed E-state index contributed by atoms with van der Waals surface area (Å²) in [7, 11) is 1.73. The van der Waals surface area contributed by atoms with Gasteiger partial charge in [-0.05, 0) is 13.0 Å². The van der Waals surface area contributed by atoms with Gasteiger partial charge in [0.25, 0.3) is 0 Å². The molecule has 1 aromatic carbocycles. The molecule has 1 aromatic heterocycles. The van der Waals surface area contributed by atoms with E-state index in [1.54, 1.807) is 7.11 Å². The molecule has 3 rings (SSSR count). The predicted molar refractivity (Wildman–Crippen MR) is 74.4 cm³/mol.